The molecule has 2 aromatic carbocycles. The molecule has 0 atom stereocenters. The third kappa shape index (κ3) is 5.06. The van der Waals surface area contributed by atoms with Crippen LogP contribution < -0.4 is 16.0 Å². The van der Waals surface area contributed by atoms with E-state index in [1.54, 1.807) is 43.5 Å². The quantitative estimate of drug-likeness (QED) is 0.755. The minimum absolute atomic E-state index is 0.190. The molecule has 3 N–H and O–H groups in total. The van der Waals surface area contributed by atoms with Gasteiger partial charge < -0.3 is 20.7 Å². The van der Waals surface area contributed by atoms with Gasteiger partial charge in [-0.1, -0.05) is 12.1 Å². The van der Waals surface area contributed by atoms with E-state index in [9.17, 15) is 9.59 Å². The molecule has 3 amide bonds. The minimum atomic E-state index is -0.200. The van der Waals surface area contributed by atoms with Crippen LogP contribution in [0.1, 0.15) is 28.8 Å². The van der Waals surface area contributed by atoms with Crippen molar-refractivity contribution in [1.82, 2.24) is 5.32 Å². The van der Waals surface area contributed by atoms with Gasteiger partial charge in [0.1, 0.15) is 0 Å². The van der Waals surface area contributed by atoms with Crippen molar-refractivity contribution in [3.8, 4) is 0 Å². The number of anilines is 2. The number of amides is 3. The molecular formula is C19H21N3O3. The van der Waals surface area contributed by atoms with Crippen LogP contribution in [0.2, 0.25) is 0 Å². The van der Waals surface area contributed by atoms with Gasteiger partial charge in [-0.2, -0.15) is 0 Å². The molecule has 0 unspecified atom stereocenters. The number of rotatable bonds is 6. The van der Waals surface area contributed by atoms with E-state index in [1.807, 2.05) is 12.1 Å². The number of hydrogen-bond acceptors (Lipinski definition) is 3. The van der Waals surface area contributed by atoms with E-state index in [2.05, 4.69) is 16.0 Å². The third-order valence-electron chi connectivity index (χ3n) is 3.81. The van der Waals surface area contributed by atoms with Crippen LogP contribution in [-0.2, 0) is 11.3 Å². The summed E-state index contributed by atoms with van der Waals surface area (Å²) in [6, 6.07) is 14.4. The van der Waals surface area contributed by atoms with Gasteiger partial charge in [-0.15, -0.1) is 0 Å². The molecule has 130 valence electrons. The standard InChI is InChI=1S/C19H21N3O3/c1-25-12-13-3-2-4-14(11-13)18(23)20-15-5-7-16(8-6-15)21-19(24)22-17-9-10-17/h2-8,11,17H,9-10,12H2,1H3,(H,20,23)(H2,21,22,24). The average molecular weight is 339 g/mol. The Morgan fingerprint density at radius 1 is 1.04 bits per heavy atom. The maximum absolute atomic E-state index is 12.3. The molecule has 1 aliphatic rings. The van der Waals surface area contributed by atoms with Crippen LogP contribution in [0, 0.1) is 0 Å². The highest BCUT2D eigenvalue weighted by Gasteiger charge is 2.23. The first kappa shape index (κ1) is 17.0. The molecule has 25 heavy (non-hydrogen) atoms. The Morgan fingerprint density at radius 2 is 1.72 bits per heavy atom. The number of nitrogens with one attached hydrogen (secondary N) is 3. The molecule has 1 saturated carbocycles. The second-order valence-electron chi connectivity index (χ2n) is 6.04. The highest BCUT2D eigenvalue weighted by Crippen LogP contribution is 2.19. The van der Waals surface area contributed by atoms with Gasteiger partial charge >= 0.3 is 6.03 Å². The molecule has 6 heteroatoms. The van der Waals surface area contributed by atoms with E-state index in [4.69, 9.17) is 4.74 Å². The normalized spacial score (nSPS) is 13.2. The molecule has 6 nitrogen and oxygen atoms in total. The molecule has 0 aromatic heterocycles. The summed E-state index contributed by atoms with van der Waals surface area (Å²) in [4.78, 5) is 24.0. The van der Waals surface area contributed by atoms with Crippen LogP contribution in [0.3, 0.4) is 0 Å². The van der Waals surface area contributed by atoms with Crippen molar-refractivity contribution in [2.75, 3.05) is 17.7 Å². The Labute approximate surface area is 146 Å². The Hall–Kier alpha value is -2.86. The Kier molecular flexibility index (Phi) is 5.30. The summed E-state index contributed by atoms with van der Waals surface area (Å²) in [5, 5.41) is 8.47. The first-order chi connectivity index (χ1) is 12.1. The first-order valence-corrected chi connectivity index (χ1v) is 8.21. The van der Waals surface area contributed by atoms with Gasteiger partial charge in [0.05, 0.1) is 6.61 Å². The fourth-order valence-electron chi connectivity index (χ4n) is 2.39. The number of carbonyl (C=O) groups excluding carboxylic acids is 2. The van der Waals surface area contributed by atoms with Gasteiger partial charge in [-0.3, -0.25) is 4.79 Å². The lowest BCUT2D eigenvalue weighted by atomic mass is 10.1. The maximum atomic E-state index is 12.3. The third-order valence-corrected chi connectivity index (χ3v) is 3.81. The van der Waals surface area contributed by atoms with Crippen molar-refractivity contribution < 1.29 is 14.3 Å². The first-order valence-electron chi connectivity index (χ1n) is 8.21. The molecule has 0 bridgehead atoms. The minimum Gasteiger partial charge on any atom is -0.380 e. The van der Waals surface area contributed by atoms with E-state index in [0.29, 0.717) is 29.6 Å². The SMILES string of the molecule is COCc1cccc(C(=O)Nc2ccc(NC(=O)NC3CC3)cc2)c1. The molecule has 0 aliphatic heterocycles. The largest absolute Gasteiger partial charge is 0.380 e. The topological polar surface area (TPSA) is 79.5 Å². The zero-order chi connectivity index (χ0) is 17.6. The van der Waals surface area contributed by atoms with Crippen molar-refractivity contribution >= 4 is 23.3 Å². The van der Waals surface area contributed by atoms with Gasteiger partial charge in [0.2, 0.25) is 0 Å². The van der Waals surface area contributed by atoms with Crippen molar-refractivity contribution in [2.45, 2.75) is 25.5 Å². The average Bonchev–Trinajstić information content (AvgIpc) is 3.41. The van der Waals surface area contributed by atoms with E-state index in [1.165, 1.54) is 0 Å². The van der Waals surface area contributed by atoms with Crippen LogP contribution in [0.25, 0.3) is 0 Å². The van der Waals surface area contributed by atoms with E-state index in [-0.39, 0.29) is 11.9 Å². The summed E-state index contributed by atoms with van der Waals surface area (Å²) < 4.78 is 5.08. The second kappa shape index (κ2) is 7.81. The molecule has 1 fully saturated rings. The molecule has 3 rings (SSSR count). The molecule has 0 radical (unpaired) electrons. The Balaban J connectivity index is 1.57. The molecule has 0 saturated heterocycles. The molecule has 0 heterocycles. The number of ether oxygens (including phenoxy) is 1. The van der Waals surface area contributed by atoms with E-state index in [0.717, 1.165) is 18.4 Å². The fourth-order valence-corrected chi connectivity index (χ4v) is 2.39. The second-order valence-corrected chi connectivity index (χ2v) is 6.04. The summed E-state index contributed by atoms with van der Waals surface area (Å²) in [6.45, 7) is 0.463. The van der Waals surface area contributed by atoms with Gasteiger partial charge in [-0.25, -0.2) is 4.79 Å². The lowest BCUT2D eigenvalue weighted by Crippen LogP contribution is -2.30. The lowest BCUT2D eigenvalue weighted by Gasteiger charge is -2.09. The number of hydrogen-bond donors (Lipinski definition) is 3. The predicted octanol–water partition coefficient (Wildman–Crippen LogP) is 3.37. The number of benzene rings is 2. The summed E-state index contributed by atoms with van der Waals surface area (Å²) in [5.41, 5.74) is 2.85. The molecule has 2 aromatic rings. The van der Waals surface area contributed by atoms with Crippen LogP contribution in [0.5, 0.6) is 0 Å². The van der Waals surface area contributed by atoms with Gasteiger partial charge in [0.25, 0.3) is 5.91 Å². The summed E-state index contributed by atoms with van der Waals surface area (Å²) in [7, 11) is 1.62. The van der Waals surface area contributed by atoms with Gasteiger partial charge in [0, 0.05) is 30.1 Å². The molecule has 1 aliphatic carbocycles. The van der Waals surface area contributed by atoms with Gasteiger partial charge in [-0.05, 0) is 54.8 Å². The highest BCUT2D eigenvalue weighted by atomic mass is 16.5. The van der Waals surface area contributed by atoms with E-state index < -0.39 is 0 Å². The van der Waals surface area contributed by atoms with Crippen molar-refractivity contribution in [3.05, 3.63) is 59.7 Å². The number of methoxy groups -OCH3 is 1. The fraction of sp³-hybridized carbons (Fsp3) is 0.263. The van der Waals surface area contributed by atoms with Crippen molar-refractivity contribution in [2.24, 2.45) is 0 Å². The highest BCUT2D eigenvalue weighted by molar-refractivity contribution is 6.04. The van der Waals surface area contributed by atoms with Crippen LogP contribution in [-0.4, -0.2) is 25.1 Å². The number of urea groups is 1. The smallest absolute Gasteiger partial charge is 0.319 e. The maximum Gasteiger partial charge on any atom is 0.319 e. The van der Waals surface area contributed by atoms with Crippen LogP contribution in [0.15, 0.2) is 48.5 Å². The summed E-state index contributed by atoms with van der Waals surface area (Å²) in [6.07, 6.45) is 2.09. The Bertz CT molecular complexity index is 755. The van der Waals surface area contributed by atoms with E-state index >= 15 is 0 Å². The zero-order valence-corrected chi connectivity index (χ0v) is 14.0. The number of carbonyl (C=O) groups is 2. The van der Waals surface area contributed by atoms with Crippen molar-refractivity contribution in [1.29, 1.82) is 0 Å². The monoisotopic (exact) mass is 339 g/mol. The predicted molar refractivity (Wildman–Crippen MR) is 96.7 cm³/mol. The lowest BCUT2D eigenvalue weighted by molar-refractivity contribution is 0.102. The Morgan fingerprint density at radius 3 is 2.36 bits per heavy atom. The summed E-state index contributed by atoms with van der Waals surface area (Å²) >= 11 is 0. The van der Waals surface area contributed by atoms with Crippen LogP contribution >= 0.6 is 0 Å². The molecule has 0 spiro atoms. The van der Waals surface area contributed by atoms with Crippen LogP contribution in [0.4, 0.5) is 16.2 Å². The summed E-state index contributed by atoms with van der Waals surface area (Å²) in [5.74, 6) is -0.190. The molecular weight excluding hydrogens is 318 g/mol. The van der Waals surface area contributed by atoms with Gasteiger partial charge in [0.15, 0.2) is 0 Å². The zero-order valence-electron chi connectivity index (χ0n) is 14.0. The van der Waals surface area contributed by atoms with Crippen molar-refractivity contribution in [3.63, 3.8) is 0 Å².